The van der Waals surface area contributed by atoms with Crippen molar-refractivity contribution in [2.75, 3.05) is 19.6 Å². The van der Waals surface area contributed by atoms with Gasteiger partial charge in [0.1, 0.15) is 0 Å². The lowest BCUT2D eigenvalue weighted by Crippen LogP contribution is -2.49. The summed E-state index contributed by atoms with van der Waals surface area (Å²) in [5.74, 6) is 0.108. The van der Waals surface area contributed by atoms with Crippen molar-refractivity contribution in [1.29, 1.82) is 0 Å². The first-order chi connectivity index (χ1) is 15.5. The molecule has 0 aliphatic carbocycles. The van der Waals surface area contributed by atoms with E-state index in [2.05, 4.69) is 4.57 Å². The van der Waals surface area contributed by atoms with Crippen LogP contribution in [0.1, 0.15) is 58.3 Å². The van der Waals surface area contributed by atoms with Crippen molar-refractivity contribution in [2.24, 2.45) is 11.3 Å². The van der Waals surface area contributed by atoms with Crippen LogP contribution in [0.2, 0.25) is 0 Å². The molecule has 0 spiro atoms. The van der Waals surface area contributed by atoms with Crippen molar-refractivity contribution in [3.05, 3.63) is 64.0 Å². The van der Waals surface area contributed by atoms with Crippen LogP contribution in [0.5, 0.6) is 0 Å². The summed E-state index contributed by atoms with van der Waals surface area (Å²) in [4.78, 5) is 40.7. The van der Waals surface area contributed by atoms with Crippen molar-refractivity contribution >= 4 is 17.5 Å². The van der Waals surface area contributed by atoms with E-state index in [9.17, 15) is 19.7 Å². The number of hydrogen-bond donors (Lipinski definition) is 0. The summed E-state index contributed by atoms with van der Waals surface area (Å²) in [6.07, 6.45) is 2.36. The molecule has 1 aliphatic heterocycles. The number of hydrogen-bond acceptors (Lipinski definition) is 4. The number of nitro benzene ring substituents is 1. The second kappa shape index (κ2) is 9.77. The Bertz CT molecular complexity index is 1000. The average Bonchev–Trinajstić information content (AvgIpc) is 3.19. The zero-order valence-corrected chi connectivity index (χ0v) is 20.2. The number of benzene rings is 1. The first kappa shape index (κ1) is 24.5. The van der Waals surface area contributed by atoms with Gasteiger partial charge in [-0.15, -0.1) is 0 Å². The maximum absolute atomic E-state index is 13.6. The Hall–Kier alpha value is -3.16. The fourth-order valence-electron chi connectivity index (χ4n) is 4.30. The molecule has 0 saturated carbocycles. The summed E-state index contributed by atoms with van der Waals surface area (Å²) < 4.78 is 2.10. The van der Waals surface area contributed by atoms with Gasteiger partial charge in [0.25, 0.3) is 5.69 Å². The summed E-state index contributed by atoms with van der Waals surface area (Å²) in [6, 6.07) is 9.92. The van der Waals surface area contributed by atoms with Gasteiger partial charge in [0, 0.05) is 50.1 Å². The molecule has 178 valence electrons. The number of carbonyl (C=O) groups excluding carboxylic acids is 2. The van der Waals surface area contributed by atoms with Crippen LogP contribution in [0.15, 0.2) is 42.6 Å². The molecule has 8 nitrogen and oxygen atoms in total. The molecule has 0 fully saturated rings. The minimum atomic E-state index is -0.430. The minimum Gasteiger partial charge on any atom is -0.348 e. The number of rotatable bonds is 7. The molecule has 33 heavy (non-hydrogen) atoms. The Morgan fingerprint density at radius 2 is 1.82 bits per heavy atom. The van der Waals surface area contributed by atoms with Crippen LogP contribution in [-0.4, -0.2) is 50.7 Å². The van der Waals surface area contributed by atoms with Gasteiger partial charge < -0.3 is 14.4 Å². The summed E-state index contributed by atoms with van der Waals surface area (Å²) >= 11 is 0. The lowest BCUT2D eigenvalue weighted by atomic mass is 9.91. The molecule has 0 saturated heterocycles. The molecule has 0 bridgehead atoms. The molecule has 1 aromatic heterocycles. The molecule has 1 aromatic carbocycles. The molecule has 2 heterocycles. The third-order valence-electron chi connectivity index (χ3n) is 5.72. The standard InChI is InChI=1S/C25H34N4O4/c1-18(2)16-27(22(30)15-25(3,4)5)17-23(31)28-14-13-26-12-6-7-21(26)24(28)19-8-10-20(11-9-19)29(32)33/h6-12,18,24H,13-17H2,1-5H3. The zero-order valence-electron chi connectivity index (χ0n) is 20.2. The first-order valence-electron chi connectivity index (χ1n) is 11.4. The van der Waals surface area contributed by atoms with Crippen molar-refractivity contribution in [3.8, 4) is 0 Å². The van der Waals surface area contributed by atoms with Gasteiger partial charge in [-0.25, -0.2) is 0 Å². The third-order valence-corrected chi connectivity index (χ3v) is 5.72. The largest absolute Gasteiger partial charge is 0.348 e. The maximum atomic E-state index is 13.6. The number of fused-ring (bicyclic) bond motifs is 1. The lowest BCUT2D eigenvalue weighted by Gasteiger charge is -2.39. The molecule has 1 atom stereocenters. The van der Waals surface area contributed by atoms with Crippen LogP contribution in [-0.2, 0) is 16.1 Å². The number of amides is 2. The Morgan fingerprint density at radius 1 is 1.15 bits per heavy atom. The molecule has 0 radical (unpaired) electrons. The SMILES string of the molecule is CC(C)CN(CC(=O)N1CCn2cccc2C1c1ccc([N+](=O)[O-])cc1)C(=O)CC(C)(C)C. The normalized spacial score (nSPS) is 15.9. The molecule has 1 aliphatic rings. The van der Waals surface area contributed by atoms with Gasteiger partial charge >= 0.3 is 0 Å². The summed E-state index contributed by atoms with van der Waals surface area (Å²) in [6.45, 7) is 11.8. The summed E-state index contributed by atoms with van der Waals surface area (Å²) in [5.41, 5.74) is 1.62. The molecule has 1 unspecified atom stereocenters. The summed E-state index contributed by atoms with van der Waals surface area (Å²) in [5, 5.41) is 11.1. The van der Waals surface area contributed by atoms with E-state index in [1.54, 1.807) is 21.9 Å². The molecule has 3 rings (SSSR count). The van der Waals surface area contributed by atoms with E-state index < -0.39 is 4.92 Å². The predicted octanol–water partition coefficient (Wildman–Crippen LogP) is 4.25. The molecule has 8 heteroatoms. The second-order valence-electron chi connectivity index (χ2n) is 10.4. The Labute approximate surface area is 195 Å². The van der Waals surface area contributed by atoms with Crippen molar-refractivity contribution in [1.82, 2.24) is 14.4 Å². The van der Waals surface area contributed by atoms with Crippen molar-refractivity contribution in [3.63, 3.8) is 0 Å². The number of non-ortho nitro benzene ring substituents is 1. The second-order valence-corrected chi connectivity index (χ2v) is 10.4. The molecule has 2 amide bonds. The van der Waals surface area contributed by atoms with E-state index in [4.69, 9.17) is 0 Å². The first-order valence-corrected chi connectivity index (χ1v) is 11.4. The quantitative estimate of drug-likeness (QED) is 0.462. The van der Waals surface area contributed by atoms with Crippen LogP contribution in [0.4, 0.5) is 5.69 Å². The van der Waals surface area contributed by atoms with Gasteiger partial charge in [-0.3, -0.25) is 19.7 Å². The number of aromatic nitrogens is 1. The van der Waals surface area contributed by atoms with Gasteiger partial charge in [-0.2, -0.15) is 0 Å². The number of nitrogens with zero attached hydrogens (tertiary/aromatic N) is 4. The fourth-order valence-corrected chi connectivity index (χ4v) is 4.30. The number of nitro groups is 1. The Kier molecular flexibility index (Phi) is 7.25. The van der Waals surface area contributed by atoms with Gasteiger partial charge in [-0.1, -0.05) is 34.6 Å². The Balaban J connectivity index is 1.89. The van der Waals surface area contributed by atoms with Crippen molar-refractivity contribution in [2.45, 2.75) is 53.6 Å². The van der Waals surface area contributed by atoms with Gasteiger partial charge in [-0.05, 0) is 41.2 Å². The lowest BCUT2D eigenvalue weighted by molar-refractivity contribution is -0.384. The van der Waals surface area contributed by atoms with Crippen LogP contribution < -0.4 is 0 Å². The summed E-state index contributed by atoms with van der Waals surface area (Å²) in [7, 11) is 0. The van der Waals surface area contributed by atoms with Gasteiger partial charge in [0.05, 0.1) is 17.5 Å². The third kappa shape index (κ3) is 6.00. The van der Waals surface area contributed by atoms with E-state index in [-0.39, 0.29) is 41.4 Å². The van der Waals surface area contributed by atoms with Crippen LogP contribution in [0.3, 0.4) is 0 Å². The smallest absolute Gasteiger partial charge is 0.269 e. The predicted molar refractivity (Wildman–Crippen MR) is 127 cm³/mol. The zero-order chi connectivity index (χ0) is 24.3. The van der Waals surface area contributed by atoms with Crippen LogP contribution in [0.25, 0.3) is 0 Å². The highest BCUT2D eigenvalue weighted by molar-refractivity contribution is 5.85. The van der Waals surface area contributed by atoms with E-state index in [0.29, 0.717) is 26.1 Å². The monoisotopic (exact) mass is 454 g/mol. The average molecular weight is 455 g/mol. The van der Waals surface area contributed by atoms with Crippen molar-refractivity contribution < 1.29 is 14.5 Å². The topological polar surface area (TPSA) is 88.7 Å². The van der Waals surface area contributed by atoms with Crippen LogP contribution >= 0.6 is 0 Å². The van der Waals surface area contributed by atoms with Crippen LogP contribution in [0, 0.1) is 21.4 Å². The highest BCUT2D eigenvalue weighted by Crippen LogP contribution is 2.33. The Morgan fingerprint density at radius 3 is 2.39 bits per heavy atom. The fraction of sp³-hybridized carbons (Fsp3) is 0.520. The van der Waals surface area contributed by atoms with E-state index in [1.165, 1.54) is 12.1 Å². The van der Waals surface area contributed by atoms with E-state index >= 15 is 0 Å². The molecular formula is C25H34N4O4. The highest BCUT2D eigenvalue weighted by Gasteiger charge is 2.34. The van der Waals surface area contributed by atoms with Gasteiger partial charge in [0.15, 0.2) is 0 Å². The maximum Gasteiger partial charge on any atom is 0.269 e. The molecule has 0 N–H and O–H groups in total. The molecular weight excluding hydrogens is 420 g/mol. The minimum absolute atomic E-state index is 0.0127. The number of carbonyl (C=O) groups is 2. The molecule has 2 aromatic rings. The van der Waals surface area contributed by atoms with Gasteiger partial charge in [0.2, 0.25) is 11.8 Å². The van der Waals surface area contributed by atoms with E-state index in [1.807, 2.05) is 52.9 Å². The highest BCUT2D eigenvalue weighted by atomic mass is 16.6. The van der Waals surface area contributed by atoms with E-state index in [0.717, 1.165) is 11.3 Å².